The van der Waals surface area contributed by atoms with Crippen LogP contribution < -0.4 is 4.74 Å². The molecule has 0 spiro atoms. The lowest BCUT2D eigenvalue weighted by Crippen LogP contribution is -2.42. The number of aliphatic carboxylic acids is 1. The van der Waals surface area contributed by atoms with Crippen molar-refractivity contribution in [3.05, 3.63) is 29.8 Å². The molecule has 0 fully saturated rings. The number of carboxylic acid groups (broad SMARTS) is 1. The number of halogens is 3. The third-order valence-corrected chi connectivity index (χ3v) is 3.24. The van der Waals surface area contributed by atoms with E-state index < -0.39 is 30.5 Å². The number of hydrogen-bond donors (Lipinski definition) is 1. The molecule has 1 aromatic rings. The van der Waals surface area contributed by atoms with Gasteiger partial charge in [0.15, 0.2) is 0 Å². The quantitative estimate of drug-likeness (QED) is 0.833. The van der Waals surface area contributed by atoms with Crippen LogP contribution in [0.5, 0.6) is 5.75 Å². The monoisotopic (exact) mass is 333 g/mol. The molecule has 1 atom stereocenters. The Morgan fingerprint density at radius 1 is 1.35 bits per heavy atom. The van der Waals surface area contributed by atoms with Gasteiger partial charge in [-0.3, -0.25) is 9.59 Å². The molecule has 0 radical (unpaired) electrons. The number of ether oxygens (including phenoxy) is 1. The van der Waals surface area contributed by atoms with Gasteiger partial charge in [0, 0.05) is 6.04 Å². The van der Waals surface area contributed by atoms with Crippen molar-refractivity contribution in [3.8, 4) is 5.75 Å². The van der Waals surface area contributed by atoms with Crippen LogP contribution >= 0.6 is 0 Å². The average Bonchev–Trinajstić information content (AvgIpc) is 2.42. The number of carbonyl (C=O) groups is 2. The van der Waals surface area contributed by atoms with Gasteiger partial charge in [0.2, 0.25) is 5.91 Å². The summed E-state index contributed by atoms with van der Waals surface area (Å²) in [5.74, 6) is -2.03. The van der Waals surface area contributed by atoms with Crippen molar-refractivity contribution in [3.63, 3.8) is 0 Å². The largest absolute Gasteiger partial charge is 0.573 e. The Balaban J connectivity index is 2.85. The summed E-state index contributed by atoms with van der Waals surface area (Å²) in [6, 6.07) is 4.78. The lowest BCUT2D eigenvalue weighted by molar-refractivity contribution is -0.274. The summed E-state index contributed by atoms with van der Waals surface area (Å²) in [4.78, 5) is 24.3. The number of hydrogen-bond acceptors (Lipinski definition) is 3. The van der Waals surface area contributed by atoms with Crippen molar-refractivity contribution in [1.29, 1.82) is 0 Å². The predicted molar refractivity (Wildman–Crippen MR) is 75.9 cm³/mol. The lowest BCUT2D eigenvalue weighted by Gasteiger charge is -2.27. The fraction of sp³-hybridized carbons (Fsp3) is 0.467. The Morgan fingerprint density at radius 2 is 2.00 bits per heavy atom. The Kier molecular flexibility index (Phi) is 6.41. The Labute approximate surface area is 131 Å². The van der Waals surface area contributed by atoms with Gasteiger partial charge in [0.1, 0.15) is 12.3 Å². The minimum atomic E-state index is -4.81. The summed E-state index contributed by atoms with van der Waals surface area (Å²) >= 11 is 0. The van der Waals surface area contributed by atoms with Crippen LogP contribution in [0.25, 0.3) is 0 Å². The zero-order valence-corrected chi connectivity index (χ0v) is 12.8. The highest BCUT2D eigenvalue weighted by atomic mass is 19.4. The molecular formula is C15H18F3NO4. The van der Waals surface area contributed by atoms with Crippen LogP contribution in [0, 0.1) is 0 Å². The van der Waals surface area contributed by atoms with Gasteiger partial charge in [0.25, 0.3) is 0 Å². The first-order chi connectivity index (χ1) is 10.6. The van der Waals surface area contributed by atoms with Crippen molar-refractivity contribution in [1.82, 2.24) is 4.90 Å². The standard InChI is InChI=1S/C15H18F3NO4/c1-3-10(2)19(9-14(21)22)13(20)8-11-5-4-6-12(7-11)23-15(16,17)18/h4-7,10H,3,8-9H2,1-2H3,(H,21,22). The molecule has 0 aliphatic carbocycles. The number of carboxylic acids is 1. The molecular weight excluding hydrogens is 315 g/mol. The minimum absolute atomic E-state index is 0.202. The number of amides is 1. The summed E-state index contributed by atoms with van der Waals surface area (Å²) in [6.07, 6.45) is -4.45. The van der Waals surface area contributed by atoms with E-state index in [-0.39, 0.29) is 12.5 Å². The van der Waals surface area contributed by atoms with Crippen molar-refractivity contribution < 1.29 is 32.6 Å². The van der Waals surface area contributed by atoms with E-state index in [4.69, 9.17) is 5.11 Å². The van der Waals surface area contributed by atoms with Gasteiger partial charge >= 0.3 is 12.3 Å². The topological polar surface area (TPSA) is 66.8 Å². The van der Waals surface area contributed by atoms with Gasteiger partial charge in [-0.05, 0) is 31.0 Å². The first kappa shape index (κ1) is 18.8. The summed E-state index contributed by atoms with van der Waals surface area (Å²) in [6.45, 7) is 3.07. The van der Waals surface area contributed by atoms with Crippen LogP contribution in [-0.4, -0.2) is 40.8 Å². The number of rotatable bonds is 7. The molecule has 5 nitrogen and oxygen atoms in total. The molecule has 1 unspecified atom stereocenters. The number of nitrogens with zero attached hydrogens (tertiary/aromatic N) is 1. The van der Waals surface area contributed by atoms with E-state index >= 15 is 0 Å². The van der Waals surface area contributed by atoms with Crippen LogP contribution in [0.15, 0.2) is 24.3 Å². The third kappa shape index (κ3) is 6.58. The molecule has 0 bridgehead atoms. The zero-order chi connectivity index (χ0) is 17.6. The van der Waals surface area contributed by atoms with E-state index in [0.717, 1.165) is 12.1 Å². The van der Waals surface area contributed by atoms with E-state index in [1.807, 2.05) is 6.92 Å². The van der Waals surface area contributed by atoms with Gasteiger partial charge in [-0.15, -0.1) is 13.2 Å². The van der Waals surface area contributed by atoms with Crippen molar-refractivity contribution in [2.75, 3.05) is 6.54 Å². The van der Waals surface area contributed by atoms with Gasteiger partial charge in [-0.2, -0.15) is 0 Å². The maximum Gasteiger partial charge on any atom is 0.573 e. The second kappa shape index (κ2) is 7.85. The first-order valence-corrected chi connectivity index (χ1v) is 6.98. The van der Waals surface area contributed by atoms with E-state index in [0.29, 0.717) is 12.0 Å². The summed E-state index contributed by atoms with van der Waals surface area (Å²) in [5, 5.41) is 8.88. The number of alkyl halides is 3. The Morgan fingerprint density at radius 3 is 2.52 bits per heavy atom. The fourth-order valence-corrected chi connectivity index (χ4v) is 1.98. The van der Waals surface area contributed by atoms with E-state index in [9.17, 15) is 22.8 Å². The SMILES string of the molecule is CCC(C)N(CC(=O)O)C(=O)Cc1cccc(OC(F)(F)F)c1. The van der Waals surface area contributed by atoms with Crippen molar-refractivity contribution >= 4 is 11.9 Å². The Bertz CT molecular complexity index is 560. The Hall–Kier alpha value is -2.25. The first-order valence-electron chi connectivity index (χ1n) is 6.98. The van der Waals surface area contributed by atoms with Crippen molar-refractivity contribution in [2.45, 2.75) is 39.1 Å². The minimum Gasteiger partial charge on any atom is -0.480 e. The second-order valence-electron chi connectivity index (χ2n) is 5.04. The number of carbonyl (C=O) groups excluding carboxylic acids is 1. The van der Waals surface area contributed by atoms with Gasteiger partial charge in [0.05, 0.1) is 6.42 Å². The maximum absolute atomic E-state index is 12.2. The predicted octanol–water partition coefficient (Wildman–Crippen LogP) is 2.84. The molecule has 0 saturated heterocycles. The highest BCUT2D eigenvalue weighted by Gasteiger charge is 2.31. The smallest absolute Gasteiger partial charge is 0.480 e. The molecule has 8 heteroatoms. The van der Waals surface area contributed by atoms with Gasteiger partial charge < -0.3 is 14.7 Å². The van der Waals surface area contributed by atoms with Crippen LogP contribution in [0.2, 0.25) is 0 Å². The zero-order valence-electron chi connectivity index (χ0n) is 12.8. The van der Waals surface area contributed by atoms with Crippen LogP contribution in [0.4, 0.5) is 13.2 Å². The molecule has 0 aliphatic heterocycles. The fourth-order valence-electron chi connectivity index (χ4n) is 1.98. The molecule has 128 valence electrons. The average molecular weight is 333 g/mol. The van der Waals surface area contributed by atoms with Crippen LogP contribution in [0.3, 0.4) is 0 Å². The molecule has 1 amide bonds. The number of benzene rings is 1. The van der Waals surface area contributed by atoms with Crippen LogP contribution in [-0.2, 0) is 16.0 Å². The normalized spacial score (nSPS) is 12.6. The highest BCUT2D eigenvalue weighted by molar-refractivity contribution is 5.83. The van der Waals surface area contributed by atoms with Gasteiger partial charge in [-0.1, -0.05) is 19.1 Å². The summed E-state index contributed by atoms with van der Waals surface area (Å²) in [7, 11) is 0. The lowest BCUT2D eigenvalue weighted by atomic mass is 10.1. The molecule has 1 rings (SSSR count). The second-order valence-corrected chi connectivity index (χ2v) is 5.04. The molecule has 23 heavy (non-hydrogen) atoms. The maximum atomic E-state index is 12.2. The van der Waals surface area contributed by atoms with E-state index in [1.54, 1.807) is 6.92 Å². The van der Waals surface area contributed by atoms with Crippen LogP contribution in [0.1, 0.15) is 25.8 Å². The molecule has 1 aromatic carbocycles. The van der Waals surface area contributed by atoms with E-state index in [1.165, 1.54) is 17.0 Å². The molecule has 0 aromatic heterocycles. The molecule has 0 aliphatic rings. The molecule has 0 saturated carbocycles. The third-order valence-electron chi connectivity index (χ3n) is 3.24. The highest BCUT2D eigenvalue weighted by Crippen LogP contribution is 2.23. The summed E-state index contributed by atoms with van der Waals surface area (Å²) < 4.78 is 40.4. The van der Waals surface area contributed by atoms with Crippen molar-refractivity contribution in [2.24, 2.45) is 0 Å². The summed E-state index contributed by atoms with van der Waals surface area (Å²) in [5.41, 5.74) is 0.315. The molecule has 0 heterocycles. The molecule has 1 N–H and O–H groups in total. The van der Waals surface area contributed by atoms with Gasteiger partial charge in [-0.25, -0.2) is 0 Å². The van der Waals surface area contributed by atoms with E-state index in [2.05, 4.69) is 4.74 Å².